The number of nitrogens with two attached hydrogens (primary N) is 1. The number of pyridine rings is 1. The zero-order valence-electron chi connectivity index (χ0n) is 7.26. The van der Waals surface area contributed by atoms with Gasteiger partial charge in [-0.15, -0.1) is 0 Å². The first-order valence-corrected chi connectivity index (χ1v) is 4.78. The van der Waals surface area contributed by atoms with Crippen LogP contribution in [-0.4, -0.2) is 4.98 Å². The van der Waals surface area contributed by atoms with Crippen LogP contribution in [0.15, 0.2) is 12.1 Å². The van der Waals surface area contributed by atoms with Crippen LogP contribution in [0.3, 0.4) is 0 Å². The lowest BCUT2D eigenvalue weighted by molar-refractivity contribution is 0.894. The minimum absolute atomic E-state index is 0.597. The lowest BCUT2D eigenvalue weighted by Gasteiger charge is -2.06. The standard InChI is InChI=1S/C9H12ClN3/c10-12-5-7-3-4-8(11)13-9(7)6-1-2-6/h3-4,6,12H,1-2,5H2,(H2,11,13). The largest absolute Gasteiger partial charge is 0.384 e. The maximum atomic E-state index is 5.62. The van der Waals surface area contributed by atoms with Crippen molar-refractivity contribution < 1.29 is 0 Å². The van der Waals surface area contributed by atoms with Crippen LogP contribution in [-0.2, 0) is 6.54 Å². The van der Waals surface area contributed by atoms with Crippen molar-refractivity contribution in [2.75, 3.05) is 5.73 Å². The number of nitrogens with one attached hydrogen (secondary N) is 1. The average Bonchev–Trinajstić information content (AvgIpc) is 2.91. The molecular formula is C9H12ClN3. The molecule has 3 N–H and O–H groups in total. The molecule has 1 aliphatic carbocycles. The smallest absolute Gasteiger partial charge is 0.123 e. The lowest BCUT2D eigenvalue weighted by Crippen LogP contribution is -2.05. The van der Waals surface area contributed by atoms with Gasteiger partial charge < -0.3 is 5.73 Å². The van der Waals surface area contributed by atoms with Crippen LogP contribution >= 0.6 is 11.8 Å². The number of hydrogen-bond acceptors (Lipinski definition) is 3. The lowest BCUT2D eigenvalue weighted by atomic mass is 10.1. The summed E-state index contributed by atoms with van der Waals surface area (Å²) >= 11 is 5.46. The van der Waals surface area contributed by atoms with E-state index in [-0.39, 0.29) is 0 Å². The highest BCUT2D eigenvalue weighted by Crippen LogP contribution is 2.40. The van der Waals surface area contributed by atoms with Gasteiger partial charge in [-0.25, -0.2) is 9.82 Å². The van der Waals surface area contributed by atoms with Crippen molar-refractivity contribution >= 4 is 17.6 Å². The molecule has 0 bridgehead atoms. The fourth-order valence-electron chi connectivity index (χ4n) is 1.45. The van der Waals surface area contributed by atoms with Crippen LogP contribution in [0.2, 0.25) is 0 Å². The third-order valence-corrected chi connectivity index (χ3v) is 2.39. The van der Waals surface area contributed by atoms with Gasteiger partial charge in [-0.1, -0.05) is 6.07 Å². The summed E-state index contributed by atoms with van der Waals surface area (Å²) in [6.07, 6.45) is 2.46. The molecule has 3 nitrogen and oxygen atoms in total. The maximum Gasteiger partial charge on any atom is 0.123 e. The summed E-state index contributed by atoms with van der Waals surface area (Å²) in [4.78, 5) is 6.95. The van der Waals surface area contributed by atoms with E-state index in [0.717, 1.165) is 11.3 Å². The fraction of sp³-hybridized carbons (Fsp3) is 0.444. The van der Waals surface area contributed by atoms with Crippen molar-refractivity contribution in [1.29, 1.82) is 0 Å². The second kappa shape index (κ2) is 3.52. The predicted molar refractivity (Wildman–Crippen MR) is 53.3 cm³/mol. The molecule has 13 heavy (non-hydrogen) atoms. The van der Waals surface area contributed by atoms with Crippen LogP contribution in [0.4, 0.5) is 5.82 Å². The number of rotatable bonds is 3. The highest BCUT2D eigenvalue weighted by Gasteiger charge is 2.27. The molecule has 0 radical (unpaired) electrons. The Bertz CT molecular complexity index is 310. The first-order valence-electron chi connectivity index (χ1n) is 4.40. The quantitative estimate of drug-likeness (QED) is 0.727. The van der Waals surface area contributed by atoms with Crippen LogP contribution in [0.5, 0.6) is 0 Å². The summed E-state index contributed by atoms with van der Waals surface area (Å²) in [5.74, 6) is 1.21. The van der Waals surface area contributed by atoms with Crippen LogP contribution < -0.4 is 10.6 Å². The molecule has 0 aliphatic heterocycles. The van der Waals surface area contributed by atoms with Gasteiger partial charge in [-0.2, -0.15) is 0 Å². The monoisotopic (exact) mass is 197 g/mol. The molecule has 0 saturated heterocycles. The predicted octanol–water partition coefficient (Wildman–Crippen LogP) is 1.78. The molecule has 0 amide bonds. The van der Waals surface area contributed by atoms with Gasteiger partial charge in [0, 0.05) is 12.5 Å². The van der Waals surface area contributed by atoms with E-state index in [9.17, 15) is 0 Å². The van der Waals surface area contributed by atoms with Crippen molar-refractivity contribution in [2.45, 2.75) is 25.3 Å². The fourth-order valence-corrected chi connectivity index (χ4v) is 1.60. The number of halogens is 1. The highest BCUT2D eigenvalue weighted by molar-refractivity contribution is 6.13. The molecule has 1 aromatic heterocycles. The van der Waals surface area contributed by atoms with E-state index in [1.165, 1.54) is 12.8 Å². The van der Waals surface area contributed by atoms with Crippen LogP contribution in [0.1, 0.15) is 30.0 Å². The van der Waals surface area contributed by atoms with E-state index < -0.39 is 0 Å². The van der Waals surface area contributed by atoms with E-state index >= 15 is 0 Å². The van der Waals surface area contributed by atoms with Crippen LogP contribution in [0, 0.1) is 0 Å². The summed E-state index contributed by atoms with van der Waals surface area (Å²) < 4.78 is 0. The van der Waals surface area contributed by atoms with Crippen molar-refractivity contribution in [3.8, 4) is 0 Å². The minimum atomic E-state index is 0.597. The molecule has 0 spiro atoms. The van der Waals surface area contributed by atoms with Gasteiger partial charge in [-0.05, 0) is 36.2 Å². The number of nitrogens with zero attached hydrogens (tertiary/aromatic N) is 1. The number of aromatic nitrogens is 1. The molecule has 2 rings (SSSR count). The Morgan fingerprint density at radius 2 is 2.31 bits per heavy atom. The van der Waals surface area contributed by atoms with Gasteiger partial charge in [-0.3, -0.25) is 0 Å². The maximum absolute atomic E-state index is 5.62. The van der Waals surface area contributed by atoms with Gasteiger partial charge >= 0.3 is 0 Å². The summed E-state index contributed by atoms with van der Waals surface area (Å²) in [5.41, 5.74) is 7.90. The Hall–Kier alpha value is -0.800. The Labute approximate surface area is 82.4 Å². The molecule has 1 aromatic rings. The second-order valence-electron chi connectivity index (χ2n) is 3.37. The van der Waals surface area contributed by atoms with E-state index in [0.29, 0.717) is 18.3 Å². The van der Waals surface area contributed by atoms with Gasteiger partial charge in [0.25, 0.3) is 0 Å². The Morgan fingerprint density at radius 1 is 1.54 bits per heavy atom. The Morgan fingerprint density at radius 3 is 2.92 bits per heavy atom. The summed E-state index contributed by atoms with van der Waals surface area (Å²) in [6.45, 7) is 0.653. The molecule has 4 heteroatoms. The molecule has 70 valence electrons. The van der Waals surface area contributed by atoms with Crippen LogP contribution in [0.25, 0.3) is 0 Å². The summed E-state index contributed by atoms with van der Waals surface area (Å²) in [5, 5.41) is 0. The first kappa shape index (κ1) is 8.78. The highest BCUT2D eigenvalue weighted by atomic mass is 35.5. The van der Waals surface area contributed by atoms with Crippen molar-refractivity contribution in [1.82, 2.24) is 9.82 Å². The third kappa shape index (κ3) is 1.92. The van der Waals surface area contributed by atoms with Crippen molar-refractivity contribution in [3.63, 3.8) is 0 Å². The van der Waals surface area contributed by atoms with Gasteiger partial charge in [0.2, 0.25) is 0 Å². The third-order valence-electron chi connectivity index (χ3n) is 2.26. The molecule has 1 saturated carbocycles. The molecule has 0 aromatic carbocycles. The molecule has 1 fully saturated rings. The Kier molecular flexibility index (Phi) is 2.38. The zero-order chi connectivity index (χ0) is 9.26. The van der Waals surface area contributed by atoms with E-state index in [1.54, 1.807) is 0 Å². The molecule has 0 unspecified atom stereocenters. The van der Waals surface area contributed by atoms with E-state index in [2.05, 4.69) is 9.82 Å². The summed E-state index contributed by atoms with van der Waals surface area (Å²) in [6, 6.07) is 3.81. The second-order valence-corrected chi connectivity index (χ2v) is 3.63. The van der Waals surface area contributed by atoms with E-state index in [1.807, 2.05) is 12.1 Å². The van der Waals surface area contributed by atoms with E-state index in [4.69, 9.17) is 17.5 Å². The van der Waals surface area contributed by atoms with Crippen molar-refractivity contribution in [2.24, 2.45) is 0 Å². The number of nitrogen functional groups attached to an aromatic ring is 1. The van der Waals surface area contributed by atoms with Gasteiger partial charge in [0.05, 0.1) is 5.69 Å². The molecule has 0 atom stereocenters. The van der Waals surface area contributed by atoms with Gasteiger partial charge in [0.1, 0.15) is 5.82 Å². The number of hydrogen-bond donors (Lipinski definition) is 2. The zero-order valence-corrected chi connectivity index (χ0v) is 8.01. The average molecular weight is 198 g/mol. The summed E-state index contributed by atoms with van der Waals surface area (Å²) in [7, 11) is 0. The Balaban J connectivity index is 2.30. The topological polar surface area (TPSA) is 50.9 Å². The molecular weight excluding hydrogens is 186 g/mol. The number of anilines is 1. The molecule has 1 aliphatic rings. The molecule has 1 heterocycles. The minimum Gasteiger partial charge on any atom is -0.384 e. The normalized spacial score (nSPS) is 16.1. The first-order chi connectivity index (χ1) is 6.31. The van der Waals surface area contributed by atoms with Gasteiger partial charge in [0.15, 0.2) is 0 Å². The SMILES string of the molecule is Nc1ccc(CNCl)c(C2CC2)n1. The van der Waals surface area contributed by atoms with Crippen molar-refractivity contribution in [3.05, 3.63) is 23.4 Å².